The fourth-order valence-corrected chi connectivity index (χ4v) is 6.03. The van der Waals surface area contributed by atoms with Gasteiger partial charge in [0, 0.05) is 12.5 Å². The van der Waals surface area contributed by atoms with Crippen molar-refractivity contribution in [1.29, 1.82) is 0 Å². The molecule has 2 fully saturated rings. The molecule has 3 nitrogen and oxygen atoms in total. The lowest BCUT2D eigenvalue weighted by Gasteiger charge is -2.32. The van der Waals surface area contributed by atoms with Gasteiger partial charge in [0.2, 0.25) is 0 Å². The number of carbonyl (C=O) groups excluding carboxylic acids is 1. The average Bonchev–Trinajstić information content (AvgIpc) is 3.29. The van der Waals surface area contributed by atoms with E-state index in [1.165, 1.54) is 54.4 Å². The molecule has 30 heavy (non-hydrogen) atoms. The molecule has 1 amide bonds. The summed E-state index contributed by atoms with van der Waals surface area (Å²) in [5.74, 6) is 0.118. The topological polar surface area (TPSA) is 29.5 Å². The van der Waals surface area contributed by atoms with Crippen molar-refractivity contribution in [2.75, 3.05) is 13.2 Å². The lowest BCUT2D eigenvalue weighted by atomic mass is 9.73. The van der Waals surface area contributed by atoms with Crippen LogP contribution >= 0.6 is 0 Å². The minimum atomic E-state index is -0.151. The molecular formula is C27H31NO2. The first-order valence-corrected chi connectivity index (χ1v) is 11.5. The van der Waals surface area contributed by atoms with E-state index in [0.717, 1.165) is 13.0 Å². The Hall–Kier alpha value is -2.55. The Morgan fingerprint density at radius 2 is 1.67 bits per heavy atom. The predicted molar refractivity (Wildman–Crippen MR) is 121 cm³/mol. The van der Waals surface area contributed by atoms with Crippen LogP contribution in [-0.4, -0.2) is 30.2 Å². The van der Waals surface area contributed by atoms with Gasteiger partial charge in [-0.2, -0.15) is 0 Å². The summed E-state index contributed by atoms with van der Waals surface area (Å²) in [6, 6.07) is 17.2. The molecule has 1 spiro atoms. The van der Waals surface area contributed by atoms with Gasteiger partial charge in [-0.25, -0.2) is 4.79 Å². The monoisotopic (exact) mass is 401 g/mol. The van der Waals surface area contributed by atoms with Crippen molar-refractivity contribution in [3.8, 4) is 11.1 Å². The maximum atomic E-state index is 13.2. The van der Waals surface area contributed by atoms with E-state index in [1.54, 1.807) is 0 Å². The molecule has 1 atom stereocenters. The molecule has 1 heterocycles. The van der Waals surface area contributed by atoms with Gasteiger partial charge in [0.05, 0.1) is 6.04 Å². The average molecular weight is 402 g/mol. The molecule has 0 bridgehead atoms. The summed E-state index contributed by atoms with van der Waals surface area (Å²) in [4.78, 5) is 15.2. The number of rotatable bonds is 3. The van der Waals surface area contributed by atoms with Gasteiger partial charge in [-0.1, -0.05) is 79.9 Å². The highest BCUT2D eigenvalue weighted by Crippen LogP contribution is 2.47. The Morgan fingerprint density at radius 1 is 1.03 bits per heavy atom. The van der Waals surface area contributed by atoms with Crippen molar-refractivity contribution in [3.63, 3.8) is 0 Å². The number of amides is 1. The molecule has 156 valence electrons. The predicted octanol–water partition coefficient (Wildman–Crippen LogP) is 6.54. The van der Waals surface area contributed by atoms with E-state index in [4.69, 9.17) is 4.74 Å². The van der Waals surface area contributed by atoms with Gasteiger partial charge in [-0.15, -0.1) is 0 Å². The van der Waals surface area contributed by atoms with Crippen LogP contribution in [0.1, 0.15) is 62.5 Å². The van der Waals surface area contributed by atoms with E-state index in [-0.39, 0.29) is 18.1 Å². The molecule has 1 aliphatic heterocycles. The Bertz CT molecular complexity index is 911. The molecule has 2 aliphatic carbocycles. The molecule has 0 radical (unpaired) electrons. The first-order chi connectivity index (χ1) is 14.7. The molecule has 2 aromatic rings. The second-order valence-electron chi connectivity index (χ2n) is 9.29. The number of allylic oxidation sites excluding steroid dienone is 1. The van der Waals surface area contributed by atoms with Crippen LogP contribution in [0.3, 0.4) is 0 Å². The quantitative estimate of drug-likeness (QED) is 0.547. The van der Waals surface area contributed by atoms with Crippen LogP contribution in [0, 0.1) is 5.41 Å². The third-order valence-electron chi connectivity index (χ3n) is 7.45. The molecule has 3 aliphatic rings. The number of benzene rings is 2. The van der Waals surface area contributed by atoms with Gasteiger partial charge < -0.3 is 9.64 Å². The molecule has 1 saturated heterocycles. The zero-order chi connectivity index (χ0) is 20.6. The standard InChI is InChI=1S/C27H31NO2/c1-2-10-20-17-27(15-8-3-9-16-27)19-28(20)26(29)30-18-25-23-13-6-4-11-21(23)22-12-5-7-14-24(22)25/h2,4-7,10-14,20,25H,3,8-9,15-19H2,1H3/b10-2-/t20-/m0/s1. The Kier molecular flexibility index (Phi) is 5.14. The lowest BCUT2D eigenvalue weighted by molar-refractivity contribution is 0.0943. The second-order valence-corrected chi connectivity index (χ2v) is 9.29. The van der Waals surface area contributed by atoms with E-state index in [1.807, 2.05) is 11.8 Å². The van der Waals surface area contributed by atoms with Crippen molar-refractivity contribution in [2.24, 2.45) is 5.41 Å². The lowest BCUT2D eigenvalue weighted by Crippen LogP contribution is -2.37. The second kappa shape index (κ2) is 7.94. The Morgan fingerprint density at radius 3 is 2.30 bits per heavy atom. The maximum Gasteiger partial charge on any atom is 0.410 e. The molecule has 0 unspecified atom stereocenters. The highest BCUT2D eigenvalue weighted by atomic mass is 16.6. The SMILES string of the molecule is C/C=C\[C@H]1CC2(CCCCC2)CN1C(=O)OCC1c2ccccc2-c2ccccc21. The van der Waals surface area contributed by atoms with Gasteiger partial charge in [-0.3, -0.25) is 0 Å². The molecule has 1 saturated carbocycles. The fourth-order valence-electron chi connectivity index (χ4n) is 6.03. The van der Waals surface area contributed by atoms with Crippen molar-refractivity contribution in [3.05, 3.63) is 71.8 Å². The molecule has 0 N–H and O–H groups in total. The zero-order valence-corrected chi connectivity index (χ0v) is 17.8. The molecule has 0 aromatic heterocycles. The highest BCUT2D eigenvalue weighted by Gasteiger charge is 2.46. The summed E-state index contributed by atoms with van der Waals surface area (Å²) in [6.45, 7) is 3.29. The number of hydrogen-bond donors (Lipinski definition) is 0. The fraction of sp³-hybridized carbons (Fsp3) is 0.444. The minimum Gasteiger partial charge on any atom is -0.448 e. The van der Waals surface area contributed by atoms with Crippen molar-refractivity contribution in [2.45, 2.75) is 57.4 Å². The van der Waals surface area contributed by atoms with Crippen LogP contribution in [0.25, 0.3) is 11.1 Å². The molecule has 3 heteroatoms. The smallest absolute Gasteiger partial charge is 0.410 e. The third-order valence-corrected chi connectivity index (χ3v) is 7.45. The van der Waals surface area contributed by atoms with Gasteiger partial charge in [0.25, 0.3) is 0 Å². The summed E-state index contributed by atoms with van der Waals surface area (Å²) in [7, 11) is 0. The Balaban J connectivity index is 1.33. The first-order valence-electron chi connectivity index (χ1n) is 11.5. The summed E-state index contributed by atoms with van der Waals surface area (Å²) in [6.07, 6.45) is 11.6. The van der Waals surface area contributed by atoms with Crippen LogP contribution in [0.5, 0.6) is 0 Å². The van der Waals surface area contributed by atoms with Crippen LogP contribution in [-0.2, 0) is 4.74 Å². The summed E-state index contributed by atoms with van der Waals surface area (Å²) < 4.78 is 5.99. The molecule has 5 rings (SSSR count). The molecular weight excluding hydrogens is 370 g/mol. The van der Waals surface area contributed by atoms with E-state index < -0.39 is 0 Å². The summed E-state index contributed by atoms with van der Waals surface area (Å²) in [5, 5.41) is 0. The highest BCUT2D eigenvalue weighted by molar-refractivity contribution is 5.79. The van der Waals surface area contributed by atoms with E-state index in [0.29, 0.717) is 12.0 Å². The number of ether oxygens (including phenoxy) is 1. The van der Waals surface area contributed by atoms with E-state index in [2.05, 4.69) is 60.7 Å². The van der Waals surface area contributed by atoms with Crippen LogP contribution in [0.2, 0.25) is 0 Å². The summed E-state index contributed by atoms with van der Waals surface area (Å²) in [5.41, 5.74) is 5.36. The van der Waals surface area contributed by atoms with Crippen LogP contribution < -0.4 is 0 Å². The minimum absolute atomic E-state index is 0.118. The first kappa shape index (κ1) is 19.4. The van der Waals surface area contributed by atoms with Crippen LogP contribution in [0.15, 0.2) is 60.7 Å². The van der Waals surface area contributed by atoms with Gasteiger partial charge in [0.1, 0.15) is 6.61 Å². The number of fused-ring (bicyclic) bond motifs is 3. The van der Waals surface area contributed by atoms with Crippen molar-refractivity contribution < 1.29 is 9.53 Å². The van der Waals surface area contributed by atoms with Gasteiger partial charge >= 0.3 is 6.09 Å². The van der Waals surface area contributed by atoms with Gasteiger partial charge in [-0.05, 0) is 53.9 Å². The Labute approximate surface area is 179 Å². The third kappa shape index (κ3) is 3.34. The van der Waals surface area contributed by atoms with E-state index >= 15 is 0 Å². The van der Waals surface area contributed by atoms with Crippen LogP contribution in [0.4, 0.5) is 4.79 Å². The van der Waals surface area contributed by atoms with Gasteiger partial charge in [0.15, 0.2) is 0 Å². The number of nitrogens with zero attached hydrogens (tertiary/aromatic N) is 1. The zero-order valence-electron chi connectivity index (χ0n) is 17.8. The number of hydrogen-bond acceptors (Lipinski definition) is 2. The van der Waals surface area contributed by atoms with Crippen molar-refractivity contribution in [1.82, 2.24) is 4.90 Å². The molecule has 2 aromatic carbocycles. The number of likely N-dealkylation sites (tertiary alicyclic amines) is 1. The summed E-state index contributed by atoms with van der Waals surface area (Å²) >= 11 is 0. The largest absolute Gasteiger partial charge is 0.448 e. The van der Waals surface area contributed by atoms with E-state index in [9.17, 15) is 4.79 Å². The van der Waals surface area contributed by atoms with Crippen molar-refractivity contribution >= 4 is 6.09 Å². The maximum absolute atomic E-state index is 13.2. The normalized spacial score (nSPS) is 22.4. The number of carbonyl (C=O) groups is 1.